The third-order valence-corrected chi connectivity index (χ3v) is 5.02. The molecule has 0 aromatic heterocycles. The molecule has 0 bridgehead atoms. The first kappa shape index (κ1) is 46.2. The van der Waals surface area contributed by atoms with E-state index in [4.69, 9.17) is 37.0 Å². The fourth-order valence-electron chi connectivity index (χ4n) is 2.85. The van der Waals surface area contributed by atoms with Gasteiger partial charge < -0.3 is 43.4 Å². The van der Waals surface area contributed by atoms with E-state index in [1.165, 1.54) is 13.8 Å². The molecule has 0 spiro atoms. The van der Waals surface area contributed by atoms with Crippen LogP contribution in [0.5, 0.6) is 0 Å². The van der Waals surface area contributed by atoms with Crippen molar-refractivity contribution in [1.82, 2.24) is 21.3 Å². The third kappa shape index (κ3) is 26.2. The van der Waals surface area contributed by atoms with Gasteiger partial charge in [-0.1, -0.05) is 6.92 Å². The van der Waals surface area contributed by atoms with E-state index in [1.807, 2.05) is 6.92 Å². The van der Waals surface area contributed by atoms with Crippen LogP contribution >= 0.6 is 0 Å². The standard InChI is InChI=1S/C20H40N8O4.2C2HF3O2/c1-4-11-24-15(9-7-12-25-20(22)23)18(31)26-13(2)17(30)28-16(8-5-6-10-21)19(32)27-14(3)29;2*3-2(4,5)1(6)7/h13,15-16,24H,4-12,21H2,1-3H3,(H,26,31)(H,28,30)(H4,22,23,25)(H,27,29,32);2*(H,6,7)/t13-,15-,16-;;/m0../s1. The molecule has 16 nitrogen and oxygen atoms in total. The van der Waals surface area contributed by atoms with E-state index in [0.29, 0.717) is 51.7 Å². The van der Waals surface area contributed by atoms with Gasteiger partial charge in [0.05, 0.1) is 6.04 Å². The van der Waals surface area contributed by atoms with Crippen LogP contribution < -0.4 is 38.5 Å². The van der Waals surface area contributed by atoms with E-state index in [2.05, 4.69) is 26.3 Å². The number of carbonyl (C=O) groups excluding carboxylic acids is 4. The maximum absolute atomic E-state index is 12.7. The number of hydrogen-bond acceptors (Lipinski definition) is 9. The number of unbranched alkanes of at least 4 members (excludes halogenated alkanes) is 1. The molecule has 46 heavy (non-hydrogen) atoms. The summed E-state index contributed by atoms with van der Waals surface area (Å²) in [6.45, 7) is 6.21. The number of carboxylic acids is 2. The zero-order valence-electron chi connectivity index (χ0n) is 25.4. The monoisotopic (exact) mass is 684 g/mol. The van der Waals surface area contributed by atoms with Gasteiger partial charge in [0, 0.05) is 13.5 Å². The van der Waals surface area contributed by atoms with E-state index in [1.54, 1.807) is 0 Å². The normalized spacial score (nSPS) is 12.7. The lowest BCUT2D eigenvalue weighted by molar-refractivity contribution is -0.193. The number of nitrogens with two attached hydrogens (primary N) is 3. The summed E-state index contributed by atoms with van der Waals surface area (Å²) < 4.78 is 63.5. The minimum Gasteiger partial charge on any atom is -0.475 e. The number of guanidine groups is 1. The number of halogens is 6. The molecule has 0 heterocycles. The number of carboxylic acid groups (broad SMARTS) is 2. The molecule has 12 N–H and O–H groups in total. The van der Waals surface area contributed by atoms with Gasteiger partial charge in [-0.05, 0) is 58.5 Å². The smallest absolute Gasteiger partial charge is 0.475 e. The number of nitrogens with one attached hydrogen (secondary N) is 4. The highest BCUT2D eigenvalue weighted by atomic mass is 19.4. The highest BCUT2D eigenvalue weighted by molar-refractivity contribution is 5.99. The fourth-order valence-corrected chi connectivity index (χ4v) is 2.85. The predicted molar refractivity (Wildman–Crippen MR) is 151 cm³/mol. The van der Waals surface area contributed by atoms with Crippen molar-refractivity contribution in [2.45, 2.75) is 89.8 Å². The van der Waals surface area contributed by atoms with Crippen molar-refractivity contribution in [2.75, 3.05) is 19.6 Å². The molecule has 268 valence electrons. The van der Waals surface area contributed by atoms with Crippen LogP contribution in [-0.4, -0.2) is 102 Å². The number of carbonyl (C=O) groups is 6. The average molecular weight is 685 g/mol. The summed E-state index contributed by atoms with van der Waals surface area (Å²) in [6, 6.07) is -2.29. The Morgan fingerprint density at radius 2 is 1.26 bits per heavy atom. The molecule has 0 saturated heterocycles. The molecule has 0 aromatic carbocycles. The van der Waals surface area contributed by atoms with Crippen LogP contribution in [0.1, 0.15) is 59.3 Å². The quantitative estimate of drug-likeness (QED) is 0.0429. The van der Waals surface area contributed by atoms with Gasteiger partial charge in [-0.2, -0.15) is 26.3 Å². The number of aliphatic imine (C=N–C) groups is 1. The van der Waals surface area contributed by atoms with Crippen LogP contribution in [0, 0.1) is 0 Å². The molecular weight excluding hydrogens is 642 g/mol. The van der Waals surface area contributed by atoms with E-state index in [0.717, 1.165) is 6.42 Å². The number of aliphatic carboxylic acids is 2. The number of hydrogen-bond donors (Lipinski definition) is 9. The van der Waals surface area contributed by atoms with E-state index < -0.39 is 60.1 Å². The predicted octanol–water partition coefficient (Wildman–Crippen LogP) is -0.544. The Labute approximate surface area is 260 Å². The lowest BCUT2D eigenvalue weighted by Crippen LogP contribution is -2.55. The average Bonchev–Trinajstić information content (AvgIpc) is 2.91. The maximum atomic E-state index is 12.7. The van der Waals surface area contributed by atoms with Gasteiger partial charge in [0.1, 0.15) is 12.1 Å². The summed E-state index contributed by atoms with van der Waals surface area (Å²) in [5.41, 5.74) is 16.1. The lowest BCUT2D eigenvalue weighted by atomic mass is 10.1. The molecule has 0 aliphatic heterocycles. The zero-order valence-corrected chi connectivity index (χ0v) is 25.4. The Morgan fingerprint density at radius 3 is 1.65 bits per heavy atom. The van der Waals surface area contributed by atoms with Crippen molar-refractivity contribution in [3.8, 4) is 0 Å². The minimum atomic E-state index is -5.08. The van der Waals surface area contributed by atoms with Gasteiger partial charge in [0.2, 0.25) is 23.6 Å². The van der Waals surface area contributed by atoms with E-state index in [9.17, 15) is 45.5 Å². The van der Waals surface area contributed by atoms with Crippen LogP contribution in [0.3, 0.4) is 0 Å². The number of nitrogens with zero attached hydrogens (tertiary/aromatic N) is 1. The molecule has 0 radical (unpaired) electrons. The summed E-state index contributed by atoms with van der Waals surface area (Å²) in [5, 5.41) is 24.9. The van der Waals surface area contributed by atoms with Crippen molar-refractivity contribution < 1.29 is 65.3 Å². The van der Waals surface area contributed by atoms with Gasteiger partial charge in [-0.15, -0.1) is 0 Å². The first-order valence-corrected chi connectivity index (χ1v) is 13.5. The molecule has 0 aliphatic carbocycles. The first-order valence-electron chi connectivity index (χ1n) is 13.5. The van der Waals surface area contributed by atoms with Gasteiger partial charge in [0.15, 0.2) is 5.96 Å². The lowest BCUT2D eigenvalue weighted by Gasteiger charge is -2.23. The molecule has 0 aliphatic rings. The Morgan fingerprint density at radius 1 is 0.783 bits per heavy atom. The summed E-state index contributed by atoms with van der Waals surface area (Å²) >= 11 is 0. The van der Waals surface area contributed by atoms with Crippen molar-refractivity contribution in [2.24, 2.45) is 22.2 Å². The third-order valence-electron chi connectivity index (χ3n) is 5.02. The molecule has 0 aromatic rings. The second-order valence-corrected chi connectivity index (χ2v) is 9.18. The Kier molecular flexibility index (Phi) is 24.2. The molecule has 22 heteroatoms. The van der Waals surface area contributed by atoms with E-state index >= 15 is 0 Å². The zero-order chi connectivity index (χ0) is 36.7. The molecular formula is C24H42F6N8O8. The minimum absolute atomic E-state index is 0.00682. The maximum Gasteiger partial charge on any atom is 0.490 e. The molecule has 0 fully saturated rings. The second-order valence-electron chi connectivity index (χ2n) is 9.18. The number of amides is 4. The molecule has 0 unspecified atom stereocenters. The first-order chi connectivity index (χ1) is 21.0. The van der Waals surface area contributed by atoms with Gasteiger partial charge >= 0.3 is 24.3 Å². The number of alkyl halides is 6. The van der Waals surface area contributed by atoms with Gasteiger partial charge in [-0.25, -0.2) is 9.59 Å². The molecule has 3 atom stereocenters. The second kappa shape index (κ2) is 24.1. The number of imide groups is 1. The van der Waals surface area contributed by atoms with Gasteiger partial charge in [0.25, 0.3) is 0 Å². The van der Waals surface area contributed by atoms with Crippen molar-refractivity contribution in [3.63, 3.8) is 0 Å². The Balaban J connectivity index is -0.00000108. The van der Waals surface area contributed by atoms with Crippen molar-refractivity contribution >= 4 is 41.5 Å². The van der Waals surface area contributed by atoms with Crippen molar-refractivity contribution in [3.05, 3.63) is 0 Å². The highest BCUT2D eigenvalue weighted by Crippen LogP contribution is 2.13. The summed E-state index contributed by atoms with van der Waals surface area (Å²) in [4.78, 5) is 70.4. The largest absolute Gasteiger partial charge is 0.490 e. The van der Waals surface area contributed by atoms with E-state index in [-0.39, 0.29) is 11.9 Å². The fraction of sp³-hybridized carbons (Fsp3) is 0.708. The molecule has 4 amide bonds. The van der Waals surface area contributed by atoms with Crippen LogP contribution in [-0.2, 0) is 28.8 Å². The van der Waals surface area contributed by atoms with Crippen LogP contribution in [0.2, 0.25) is 0 Å². The number of rotatable bonds is 16. The SMILES string of the molecule is CCCN[C@@H](CCCN=C(N)N)C(=O)N[C@@H](C)C(=O)N[C@@H](CCCCN)C(=O)NC(C)=O.O=C(O)C(F)(F)F.O=C(O)C(F)(F)F. The molecule has 0 rings (SSSR count). The Hall–Kier alpha value is -4.21. The summed E-state index contributed by atoms with van der Waals surface area (Å²) in [6.07, 6.45) is -6.65. The van der Waals surface area contributed by atoms with Crippen molar-refractivity contribution in [1.29, 1.82) is 0 Å². The van der Waals surface area contributed by atoms with Crippen LogP contribution in [0.25, 0.3) is 0 Å². The van der Waals surface area contributed by atoms with Gasteiger partial charge in [-0.3, -0.25) is 29.5 Å². The van der Waals surface area contributed by atoms with Crippen LogP contribution in [0.4, 0.5) is 26.3 Å². The summed E-state index contributed by atoms with van der Waals surface area (Å²) in [5.74, 6) is -7.49. The molecule has 0 saturated carbocycles. The summed E-state index contributed by atoms with van der Waals surface area (Å²) in [7, 11) is 0. The topological polar surface area (TPSA) is 281 Å². The Bertz CT molecular complexity index is 984. The van der Waals surface area contributed by atoms with Crippen LogP contribution in [0.15, 0.2) is 4.99 Å². The highest BCUT2D eigenvalue weighted by Gasteiger charge is 2.39.